The van der Waals surface area contributed by atoms with Gasteiger partial charge in [0.1, 0.15) is 5.70 Å². The quantitative estimate of drug-likeness (QED) is 0.575. The number of esters is 3. The van der Waals surface area contributed by atoms with Crippen molar-refractivity contribution in [1.82, 2.24) is 0 Å². The van der Waals surface area contributed by atoms with E-state index in [2.05, 4.69) is 5.32 Å². The van der Waals surface area contributed by atoms with E-state index in [0.717, 1.165) is 0 Å². The summed E-state index contributed by atoms with van der Waals surface area (Å²) in [6.07, 6.45) is 6.33. The molecule has 0 amide bonds. The topological polar surface area (TPSA) is 94.2 Å². The summed E-state index contributed by atoms with van der Waals surface area (Å²) < 4.78 is 14.6. The average molecular weight is 400 g/mol. The van der Waals surface area contributed by atoms with Crippen molar-refractivity contribution in [1.29, 1.82) is 0 Å². The molecule has 0 spiro atoms. The number of rotatable bonds is 6. The van der Waals surface area contributed by atoms with Crippen LogP contribution in [0.2, 0.25) is 0 Å². The number of allylic oxidation sites excluding steroid dienone is 2. The van der Waals surface area contributed by atoms with E-state index in [1.54, 1.807) is 36.6 Å². The number of nitrogens with zero attached hydrogens (tertiary/aromatic N) is 1. The summed E-state index contributed by atoms with van der Waals surface area (Å²) in [5.74, 6) is -1.96. The largest absolute Gasteiger partial charge is 0.465 e. The van der Waals surface area contributed by atoms with Gasteiger partial charge in [-0.05, 0) is 44.2 Å². The zero-order valence-electron chi connectivity index (χ0n) is 17.0. The van der Waals surface area contributed by atoms with Crippen molar-refractivity contribution in [2.45, 2.75) is 19.9 Å². The summed E-state index contributed by atoms with van der Waals surface area (Å²) in [7, 11) is 3.73. The fourth-order valence-electron chi connectivity index (χ4n) is 2.76. The molecule has 1 aliphatic heterocycles. The van der Waals surface area contributed by atoms with Gasteiger partial charge in [0.2, 0.25) is 0 Å². The predicted molar refractivity (Wildman–Crippen MR) is 108 cm³/mol. The Hall–Kier alpha value is -3.55. The molecule has 1 N–H and O–H groups in total. The fraction of sp³-hybridized carbons (Fsp3) is 0.286. The van der Waals surface area contributed by atoms with Gasteiger partial charge < -0.3 is 24.4 Å². The van der Waals surface area contributed by atoms with E-state index in [0.29, 0.717) is 11.4 Å². The first kappa shape index (κ1) is 21.7. The van der Waals surface area contributed by atoms with Crippen LogP contribution in [0, 0.1) is 0 Å². The van der Waals surface area contributed by atoms with Gasteiger partial charge in [-0.1, -0.05) is 6.08 Å². The van der Waals surface area contributed by atoms with Crippen LogP contribution in [0.3, 0.4) is 0 Å². The SMILES string of the molecule is COC(=O)C1=C(C(=O)OC)N(c2cc(C(=O)OC)ccc2NC(C)C)C=CC=C1. The van der Waals surface area contributed by atoms with Crippen LogP contribution in [-0.4, -0.2) is 45.3 Å². The minimum Gasteiger partial charge on any atom is -0.465 e. The zero-order valence-corrected chi connectivity index (χ0v) is 17.0. The van der Waals surface area contributed by atoms with Crippen LogP contribution >= 0.6 is 0 Å². The van der Waals surface area contributed by atoms with E-state index in [4.69, 9.17) is 14.2 Å². The number of ether oxygens (including phenoxy) is 3. The van der Waals surface area contributed by atoms with E-state index < -0.39 is 17.9 Å². The van der Waals surface area contributed by atoms with Crippen molar-refractivity contribution in [2.24, 2.45) is 0 Å². The van der Waals surface area contributed by atoms with E-state index >= 15 is 0 Å². The number of benzene rings is 1. The van der Waals surface area contributed by atoms with Crippen molar-refractivity contribution >= 4 is 29.3 Å². The first-order valence-electron chi connectivity index (χ1n) is 8.87. The Morgan fingerprint density at radius 2 is 1.59 bits per heavy atom. The van der Waals surface area contributed by atoms with Gasteiger partial charge in [0.15, 0.2) is 0 Å². The molecule has 0 fully saturated rings. The van der Waals surface area contributed by atoms with Crippen LogP contribution < -0.4 is 10.2 Å². The maximum Gasteiger partial charge on any atom is 0.355 e. The molecule has 0 atom stereocenters. The lowest BCUT2D eigenvalue weighted by molar-refractivity contribution is -0.139. The van der Waals surface area contributed by atoms with Gasteiger partial charge in [-0.15, -0.1) is 0 Å². The van der Waals surface area contributed by atoms with Gasteiger partial charge in [0.25, 0.3) is 0 Å². The van der Waals surface area contributed by atoms with Gasteiger partial charge in [-0.25, -0.2) is 14.4 Å². The zero-order chi connectivity index (χ0) is 21.6. The fourth-order valence-corrected chi connectivity index (χ4v) is 2.76. The number of methoxy groups -OCH3 is 3. The number of hydrogen-bond acceptors (Lipinski definition) is 8. The monoisotopic (exact) mass is 400 g/mol. The van der Waals surface area contributed by atoms with Crippen LogP contribution in [0.1, 0.15) is 24.2 Å². The van der Waals surface area contributed by atoms with E-state index in [-0.39, 0.29) is 22.9 Å². The smallest absolute Gasteiger partial charge is 0.355 e. The second kappa shape index (κ2) is 9.59. The Bertz CT molecular complexity index is 898. The molecule has 0 bridgehead atoms. The molecule has 0 saturated heterocycles. The molecular weight excluding hydrogens is 376 g/mol. The van der Waals surface area contributed by atoms with Crippen molar-refractivity contribution in [2.75, 3.05) is 31.5 Å². The normalized spacial score (nSPS) is 13.2. The molecule has 154 valence electrons. The number of anilines is 2. The average Bonchev–Trinajstić information content (AvgIpc) is 2.94. The number of hydrogen-bond donors (Lipinski definition) is 1. The molecule has 0 saturated carbocycles. The molecule has 0 unspecified atom stereocenters. The molecule has 1 aromatic rings. The van der Waals surface area contributed by atoms with Crippen LogP contribution in [0.25, 0.3) is 0 Å². The summed E-state index contributed by atoms with van der Waals surface area (Å²) in [5.41, 5.74) is 1.36. The Morgan fingerprint density at radius 1 is 0.931 bits per heavy atom. The molecule has 0 radical (unpaired) electrons. The maximum absolute atomic E-state index is 12.6. The first-order chi connectivity index (χ1) is 13.8. The lowest BCUT2D eigenvalue weighted by Gasteiger charge is -2.27. The standard InChI is InChI=1S/C21H24N2O6/c1-13(2)22-16-10-9-14(19(24)27-3)12-17(16)23-11-7-6-8-15(20(25)28-4)18(23)21(26)29-5/h6-13,22H,1-5H3. The Kier molecular flexibility index (Phi) is 7.19. The van der Waals surface area contributed by atoms with Crippen molar-refractivity contribution in [3.8, 4) is 0 Å². The third-order valence-electron chi connectivity index (χ3n) is 4.01. The Balaban J connectivity index is 2.77. The highest BCUT2D eigenvalue weighted by molar-refractivity contribution is 6.06. The van der Waals surface area contributed by atoms with E-state index in [1.165, 1.54) is 32.3 Å². The molecular formula is C21H24N2O6. The third kappa shape index (κ3) is 4.84. The number of carbonyl (C=O) groups excluding carboxylic acids is 3. The van der Waals surface area contributed by atoms with Gasteiger partial charge in [-0.3, -0.25) is 0 Å². The highest BCUT2D eigenvalue weighted by atomic mass is 16.5. The molecule has 0 aliphatic carbocycles. The molecule has 2 rings (SSSR count). The number of carbonyl (C=O) groups is 3. The highest BCUT2D eigenvalue weighted by Crippen LogP contribution is 2.34. The van der Waals surface area contributed by atoms with Crippen LogP contribution in [-0.2, 0) is 23.8 Å². The third-order valence-corrected chi connectivity index (χ3v) is 4.01. The highest BCUT2D eigenvalue weighted by Gasteiger charge is 2.29. The summed E-state index contributed by atoms with van der Waals surface area (Å²) in [4.78, 5) is 38.5. The van der Waals surface area contributed by atoms with Gasteiger partial charge in [0, 0.05) is 12.2 Å². The van der Waals surface area contributed by atoms with Crippen LogP contribution in [0.4, 0.5) is 11.4 Å². The summed E-state index contributed by atoms with van der Waals surface area (Å²) in [6, 6.07) is 4.96. The summed E-state index contributed by atoms with van der Waals surface area (Å²) >= 11 is 0. The molecule has 29 heavy (non-hydrogen) atoms. The lowest BCUT2D eigenvalue weighted by Crippen LogP contribution is -2.28. The van der Waals surface area contributed by atoms with Gasteiger partial charge in [-0.2, -0.15) is 0 Å². The van der Waals surface area contributed by atoms with Crippen LogP contribution in [0.5, 0.6) is 0 Å². The van der Waals surface area contributed by atoms with Gasteiger partial charge >= 0.3 is 17.9 Å². The summed E-state index contributed by atoms with van der Waals surface area (Å²) in [6.45, 7) is 3.91. The molecule has 1 aliphatic rings. The lowest BCUT2D eigenvalue weighted by atomic mass is 10.1. The number of nitrogens with one attached hydrogen (secondary N) is 1. The molecule has 0 aromatic heterocycles. The van der Waals surface area contributed by atoms with E-state index in [1.807, 2.05) is 13.8 Å². The molecule has 1 aromatic carbocycles. The van der Waals surface area contributed by atoms with Crippen molar-refractivity contribution < 1.29 is 28.6 Å². The van der Waals surface area contributed by atoms with Gasteiger partial charge in [0.05, 0.1) is 43.8 Å². The minimum absolute atomic E-state index is 0.0170. The van der Waals surface area contributed by atoms with Crippen molar-refractivity contribution in [3.63, 3.8) is 0 Å². The minimum atomic E-state index is -0.736. The molecule has 8 heteroatoms. The first-order valence-corrected chi connectivity index (χ1v) is 8.87. The second-order valence-electron chi connectivity index (χ2n) is 6.34. The van der Waals surface area contributed by atoms with E-state index in [9.17, 15) is 14.4 Å². The predicted octanol–water partition coefficient (Wildman–Crippen LogP) is 2.78. The van der Waals surface area contributed by atoms with Crippen molar-refractivity contribution in [3.05, 3.63) is 59.5 Å². The Labute approximate surface area is 169 Å². The van der Waals surface area contributed by atoms with Crippen LogP contribution in [0.15, 0.2) is 53.9 Å². The molecule has 8 nitrogen and oxygen atoms in total. The second-order valence-corrected chi connectivity index (χ2v) is 6.34. The Morgan fingerprint density at radius 3 is 2.17 bits per heavy atom. The maximum atomic E-state index is 12.6. The summed E-state index contributed by atoms with van der Waals surface area (Å²) in [5, 5.41) is 3.27. The molecule has 1 heterocycles.